The molecule has 1 aliphatic rings. The lowest BCUT2D eigenvalue weighted by Crippen LogP contribution is -2.57. The Morgan fingerprint density at radius 2 is 1.22 bits per heavy atom. The predicted molar refractivity (Wildman–Crippen MR) is 287 cm³/mol. The van der Waals surface area contributed by atoms with Crippen LogP contribution in [0.25, 0.3) is 0 Å². The molecular formula is C55H86N6O14S. The van der Waals surface area contributed by atoms with E-state index >= 15 is 0 Å². The lowest BCUT2D eigenvalue weighted by Gasteiger charge is -2.40. The summed E-state index contributed by atoms with van der Waals surface area (Å²) in [6.07, 6.45) is 3.62. The Hall–Kier alpha value is -5.51. The molecule has 0 saturated carbocycles. The highest BCUT2D eigenvalue weighted by atomic mass is 32.2. The van der Waals surface area contributed by atoms with Crippen molar-refractivity contribution in [3.63, 3.8) is 0 Å². The van der Waals surface area contributed by atoms with E-state index in [1.54, 1.807) is 90.4 Å². The first kappa shape index (κ1) is 64.8. The van der Waals surface area contributed by atoms with Crippen LogP contribution in [0.1, 0.15) is 135 Å². The Morgan fingerprint density at radius 3 is 1.70 bits per heavy atom. The lowest BCUT2D eigenvalue weighted by atomic mass is 9.91. The molecule has 1 atom stereocenters. The Bertz CT molecular complexity index is 2330. The van der Waals surface area contributed by atoms with Gasteiger partial charge < -0.3 is 39.2 Å². The summed E-state index contributed by atoms with van der Waals surface area (Å²) in [6.45, 7) is 24.1. The average molecular weight is 1090 g/mol. The van der Waals surface area contributed by atoms with Crippen LogP contribution >= 0.6 is 0 Å². The van der Waals surface area contributed by atoms with Crippen LogP contribution in [-0.4, -0.2) is 179 Å². The number of nitrogens with zero attached hydrogens (tertiary/aromatic N) is 5. The number of carboxylic acids is 1. The van der Waals surface area contributed by atoms with E-state index in [4.69, 9.17) is 18.9 Å². The van der Waals surface area contributed by atoms with Crippen LogP contribution < -0.4 is 10.1 Å². The van der Waals surface area contributed by atoms with Crippen molar-refractivity contribution in [3.05, 3.63) is 48.8 Å². The quantitative estimate of drug-likeness (QED) is 0.0509. The maximum Gasteiger partial charge on any atom is 0.408 e. The van der Waals surface area contributed by atoms with Gasteiger partial charge in [-0.25, -0.2) is 13.2 Å². The summed E-state index contributed by atoms with van der Waals surface area (Å²) in [4.78, 5) is 102. The molecule has 2 amide bonds. The fraction of sp³-hybridized carbons (Fsp3) is 0.673. The van der Waals surface area contributed by atoms with Crippen LogP contribution in [0, 0.1) is 5.41 Å². The van der Waals surface area contributed by atoms with Crippen molar-refractivity contribution in [2.45, 2.75) is 167 Å². The largest absolute Gasteiger partial charge is 0.480 e. The molecule has 2 N–H and O–H groups in total. The molecule has 1 aliphatic heterocycles. The number of hydrogen-bond donors (Lipinski definition) is 2. The van der Waals surface area contributed by atoms with E-state index in [1.165, 1.54) is 42.3 Å². The molecule has 426 valence electrons. The molecule has 0 radical (unpaired) electrons. The highest BCUT2D eigenvalue weighted by Crippen LogP contribution is 2.38. The third-order valence-corrected chi connectivity index (χ3v) is 14.6. The first-order valence-electron chi connectivity index (χ1n) is 26.1. The Labute approximate surface area is 450 Å². The monoisotopic (exact) mass is 1090 g/mol. The van der Waals surface area contributed by atoms with E-state index in [0.717, 1.165) is 0 Å². The number of amides is 2. The van der Waals surface area contributed by atoms with Crippen LogP contribution in [0.15, 0.2) is 53.7 Å². The number of benzene rings is 1. The first-order chi connectivity index (χ1) is 35.1. The van der Waals surface area contributed by atoms with Gasteiger partial charge in [0, 0.05) is 58.4 Å². The molecule has 0 bridgehead atoms. The maximum absolute atomic E-state index is 14.2. The topological polar surface area (TPSA) is 249 Å². The summed E-state index contributed by atoms with van der Waals surface area (Å²) in [7, 11) is -4.23. The van der Waals surface area contributed by atoms with Crippen molar-refractivity contribution in [1.82, 2.24) is 29.9 Å². The van der Waals surface area contributed by atoms with E-state index in [2.05, 4.69) is 36.0 Å². The second kappa shape index (κ2) is 28.2. The third kappa shape index (κ3) is 23.4. The number of ether oxygens (including phenoxy) is 4. The zero-order chi connectivity index (χ0) is 57.3. The number of unbranched alkanes of at least 4 members (excludes halogenated alkanes) is 2. The number of likely N-dealkylation sites (tertiary alicyclic amines) is 1. The van der Waals surface area contributed by atoms with Gasteiger partial charge in [-0.2, -0.15) is 0 Å². The zero-order valence-electron chi connectivity index (χ0n) is 47.3. The second-order valence-corrected chi connectivity index (χ2v) is 26.1. The molecule has 0 spiro atoms. The van der Waals surface area contributed by atoms with E-state index in [1.807, 2.05) is 0 Å². The molecule has 0 aliphatic carbocycles. The number of esters is 2. The number of ketones is 2. The first-order valence-corrected chi connectivity index (χ1v) is 27.6. The van der Waals surface area contributed by atoms with Gasteiger partial charge in [-0.05, 0) is 137 Å². The number of carbonyl (C=O) groups excluding carboxylic acids is 6. The van der Waals surface area contributed by atoms with Gasteiger partial charge in [-0.3, -0.25) is 43.6 Å². The number of carboxylic acid groups (broad SMARTS) is 1. The fourth-order valence-electron chi connectivity index (χ4n) is 8.70. The highest BCUT2D eigenvalue weighted by Gasteiger charge is 2.51. The number of Topliss-reactive ketones (excluding diaryl/α,β-unsaturated/α-hetero) is 2. The highest BCUT2D eigenvalue weighted by molar-refractivity contribution is 7.93. The van der Waals surface area contributed by atoms with Crippen LogP contribution in [-0.2, 0) is 52.8 Å². The van der Waals surface area contributed by atoms with Gasteiger partial charge in [0.05, 0.1) is 37.3 Å². The molecule has 1 saturated heterocycles. The molecule has 20 nitrogen and oxygen atoms in total. The van der Waals surface area contributed by atoms with Gasteiger partial charge in [0.2, 0.25) is 5.91 Å². The van der Waals surface area contributed by atoms with Gasteiger partial charge in [-0.1, -0.05) is 33.6 Å². The Kier molecular flexibility index (Phi) is 24.0. The van der Waals surface area contributed by atoms with Crippen molar-refractivity contribution in [2.75, 3.05) is 72.0 Å². The third-order valence-electron chi connectivity index (χ3n) is 11.9. The predicted octanol–water partition coefficient (Wildman–Crippen LogP) is 6.73. The molecule has 21 heteroatoms. The van der Waals surface area contributed by atoms with E-state index < -0.39 is 73.1 Å². The molecule has 0 unspecified atom stereocenters. The number of nitrogens with one attached hydrogen (secondary N) is 1. The van der Waals surface area contributed by atoms with Gasteiger partial charge in [0.1, 0.15) is 44.9 Å². The summed E-state index contributed by atoms with van der Waals surface area (Å²) in [5.74, 6) is -2.41. The molecule has 76 heavy (non-hydrogen) atoms. The van der Waals surface area contributed by atoms with Gasteiger partial charge in [0.25, 0.3) is 0 Å². The van der Waals surface area contributed by atoms with E-state index in [9.17, 15) is 47.1 Å². The number of alkyl carbamates (subject to hydrolysis) is 1. The summed E-state index contributed by atoms with van der Waals surface area (Å²) in [5.41, 5.74) is -2.49. The Balaban J connectivity index is 1.65. The van der Waals surface area contributed by atoms with Crippen molar-refractivity contribution in [3.8, 4) is 11.5 Å². The van der Waals surface area contributed by atoms with Gasteiger partial charge in [-0.15, -0.1) is 0 Å². The molecule has 2 aromatic rings. The van der Waals surface area contributed by atoms with Crippen LogP contribution in [0.4, 0.5) is 4.79 Å². The number of hydrogen-bond acceptors (Lipinski definition) is 17. The van der Waals surface area contributed by atoms with Crippen LogP contribution in [0.3, 0.4) is 0 Å². The normalized spacial score (nSPS) is 14.8. The van der Waals surface area contributed by atoms with E-state index in [-0.39, 0.29) is 87.6 Å². The van der Waals surface area contributed by atoms with Crippen molar-refractivity contribution >= 4 is 51.3 Å². The fourth-order valence-corrected chi connectivity index (χ4v) is 10.7. The molecule has 1 aromatic carbocycles. The minimum atomic E-state index is -4.23. The molecule has 1 aromatic heterocycles. The number of rotatable bonds is 28. The van der Waals surface area contributed by atoms with Crippen LogP contribution in [0.2, 0.25) is 0 Å². The molecule has 3 rings (SSSR count). The zero-order valence-corrected chi connectivity index (χ0v) is 48.1. The summed E-state index contributed by atoms with van der Waals surface area (Å²) in [6, 6.07) is 8.13. The SMILES string of the molecule is CC(=O)C1(S(=O)(=O)c2ccc(Oc3cccnc3)cc2)CCN(C(=O)[C@H](CCCCCC(=O)CN(CCN(CCN(CC(=O)OC(C)(C)C)CC(=O)OC(C)(C)C)CC(C)(C)C)CC(=O)O)NC(=O)OC(C)(C)C)CC1. The van der Waals surface area contributed by atoms with Crippen molar-refractivity contribution in [2.24, 2.45) is 5.41 Å². The summed E-state index contributed by atoms with van der Waals surface area (Å²) < 4.78 is 48.9. The Morgan fingerprint density at radius 1 is 0.697 bits per heavy atom. The van der Waals surface area contributed by atoms with Crippen molar-refractivity contribution in [1.29, 1.82) is 0 Å². The average Bonchev–Trinajstić information content (AvgIpc) is 3.27. The number of aromatic nitrogens is 1. The molecular weight excluding hydrogens is 1000 g/mol. The van der Waals surface area contributed by atoms with E-state index in [0.29, 0.717) is 56.9 Å². The smallest absolute Gasteiger partial charge is 0.408 e. The number of carbonyl (C=O) groups is 7. The van der Waals surface area contributed by atoms with Crippen LogP contribution in [0.5, 0.6) is 11.5 Å². The number of aliphatic carboxylic acids is 1. The number of sulfone groups is 1. The maximum atomic E-state index is 14.2. The molecule has 1 fully saturated rings. The minimum absolute atomic E-state index is 0.0624. The second-order valence-electron chi connectivity index (χ2n) is 23.8. The summed E-state index contributed by atoms with van der Waals surface area (Å²) in [5, 5.41) is 12.5. The number of piperidine rings is 1. The van der Waals surface area contributed by atoms with Crippen molar-refractivity contribution < 1.29 is 66.0 Å². The standard InChI is InChI=1S/C55H86N6O14S/c1-40(62)55(76(70,71)44-23-21-42(22-24-44)72-43-19-17-27-56-34-43)25-28-61(29-26-55)49(68)45(57-50(69)75-54(11,12)13)20-16-14-15-18-41(63)35-59(36-46(64)65)32-30-58(39-51(2,3)4)31-33-60(37-47(66)73-52(5,6)7)38-48(67)74-53(8,9)10/h17,19,21-24,27,34,45H,14-16,18,20,25-26,28-33,35-39H2,1-13H3,(H,57,69)(H,64,65)/t45-/m0/s1. The van der Waals surface area contributed by atoms with Gasteiger partial charge in [0.15, 0.2) is 15.6 Å². The lowest BCUT2D eigenvalue weighted by molar-refractivity contribution is -0.160. The minimum Gasteiger partial charge on any atom is -0.480 e. The molecule has 2 heterocycles. The number of pyridine rings is 1. The summed E-state index contributed by atoms with van der Waals surface area (Å²) >= 11 is 0. The van der Waals surface area contributed by atoms with Gasteiger partial charge >= 0.3 is 24.0 Å².